The Labute approximate surface area is 212 Å². The molecule has 0 radical (unpaired) electrons. The molecule has 2 amide bonds. The van der Waals surface area contributed by atoms with Crippen LogP contribution in [0.2, 0.25) is 0 Å². The summed E-state index contributed by atoms with van der Waals surface area (Å²) in [5, 5.41) is 5.99. The lowest BCUT2D eigenvalue weighted by Crippen LogP contribution is -2.54. The van der Waals surface area contributed by atoms with E-state index in [1.165, 1.54) is 38.5 Å². The molecule has 190 valence electrons. The predicted molar refractivity (Wildman–Crippen MR) is 137 cm³/mol. The highest BCUT2D eigenvalue weighted by Crippen LogP contribution is 2.42. The molecule has 0 aliphatic heterocycles. The number of rotatable bonds is 7. The van der Waals surface area contributed by atoms with E-state index in [4.69, 9.17) is 9.47 Å². The summed E-state index contributed by atoms with van der Waals surface area (Å²) in [6, 6.07) is 1.06. The van der Waals surface area contributed by atoms with E-state index < -0.39 is 17.7 Å². The van der Waals surface area contributed by atoms with Crippen LogP contribution in [0.5, 0.6) is 5.75 Å². The lowest BCUT2D eigenvalue weighted by Gasteiger charge is -2.42. The second-order valence-corrected chi connectivity index (χ2v) is 11.5. The summed E-state index contributed by atoms with van der Waals surface area (Å²) in [5.74, 6) is 1.22. The Kier molecular flexibility index (Phi) is 9.63. The molecule has 0 aromatic carbocycles. The van der Waals surface area contributed by atoms with Gasteiger partial charge in [-0.15, -0.1) is 0 Å². The van der Waals surface area contributed by atoms with Gasteiger partial charge in [0.1, 0.15) is 16.2 Å². The SMILES string of the molecule is COc1cc(NC(=O)C(NC(=O)OC(C)(C)C)C(C2CCCCC2)C2CCCCC2)cnc1Br. The number of alkyl carbamates (subject to hydrolysis) is 1. The highest BCUT2D eigenvalue weighted by molar-refractivity contribution is 9.10. The summed E-state index contributed by atoms with van der Waals surface area (Å²) in [6.45, 7) is 5.50. The number of nitrogens with one attached hydrogen (secondary N) is 2. The molecule has 0 saturated heterocycles. The highest BCUT2D eigenvalue weighted by Gasteiger charge is 2.41. The summed E-state index contributed by atoms with van der Waals surface area (Å²) in [4.78, 5) is 30.9. The second-order valence-electron chi connectivity index (χ2n) is 10.7. The fraction of sp³-hybridized carbons (Fsp3) is 0.731. The number of pyridine rings is 1. The predicted octanol–water partition coefficient (Wildman–Crippen LogP) is 6.46. The summed E-state index contributed by atoms with van der Waals surface area (Å²) >= 11 is 3.35. The summed E-state index contributed by atoms with van der Waals surface area (Å²) in [6.07, 6.45) is 12.7. The van der Waals surface area contributed by atoms with Crippen molar-refractivity contribution in [2.45, 2.75) is 96.6 Å². The first-order chi connectivity index (χ1) is 16.2. The minimum atomic E-state index is -0.671. The van der Waals surface area contributed by atoms with E-state index in [0.717, 1.165) is 25.7 Å². The maximum absolute atomic E-state index is 13.8. The zero-order valence-corrected chi connectivity index (χ0v) is 22.6. The molecule has 1 unspecified atom stereocenters. The number of hydrogen-bond acceptors (Lipinski definition) is 5. The second kappa shape index (κ2) is 12.2. The standard InChI is InChI=1S/C26H40BrN3O4/c1-26(2,3)34-25(32)30-22(24(31)29-19-15-20(33-4)23(27)28-16-19)21(17-11-7-5-8-12-17)18-13-9-6-10-14-18/h15-18,21-22H,5-14H2,1-4H3,(H,29,31)(H,30,32). The molecule has 2 N–H and O–H groups in total. The van der Waals surface area contributed by atoms with Gasteiger partial charge in [0.25, 0.3) is 0 Å². The Hall–Kier alpha value is -1.83. The third kappa shape index (κ3) is 7.59. The van der Waals surface area contributed by atoms with Crippen LogP contribution in [-0.2, 0) is 9.53 Å². The summed E-state index contributed by atoms with van der Waals surface area (Å²) in [5.41, 5.74) is -0.105. The number of aromatic nitrogens is 1. The normalized spacial score (nSPS) is 18.9. The van der Waals surface area contributed by atoms with Crippen LogP contribution in [0, 0.1) is 17.8 Å². The fourth-order valence-corrected chi connectivity index (χ4v) is 5.98. The van der Waals surface area contributed by atoms with Gasteiger partial charge < -0.3 is 20.1 Å². The summed E-state index contributed by atoms with van der Waals surface area (Å²) < 4.78 is 11.5. The van der Waals surface area contributed by atoms with Crippen molar-refractivity contribution in [3.63, 3.8) is 0 Å². The number of ether oxygens (including phenoxy) is 2. The van der Waals surface area contributed by atoms with Crippen LogP contribution in [0.25, 0.3) is 0 Å². The number of methoxy groups -OCH3 is 1. The van der Waals surface area contributed by atoms with E-state index >= 15 is 0 Å². The molecule has 3 rings (SSSR count). The molecule has 2 aliphatic carbocycles. The van der Waals surface area contributed by atoms with Crippen molar-refractivity contribution < 1.29 is 19.1 Å². The zero-order chi connectivity index (χ0) is 24.7. The fourth-order valence-electron chi connectivity index (χ4n) is 5.60. The number of anilines is 1. The van der Waals surface area contributed by atoms with Crippen molar-refractivity contribution in [2.24, 2.45) is 17.8 Å². The van der Waals surface area contributed by atoms with Crippen LogP contribution in [0.15, 0.2) is 16.9 Å². The van der Waals surface area contributed by atoms with E-state index in [2.05, 4.69) is 31.5 Å². The maximum Gasteiger partial charge on any atom is 0.408 e. The van der Waals surface area contributed by atoms with Crippen molar-refractivity contribution >= 4 is 33.6 Å². The number of amides is 2. The molecule has 2 fully saturated rings. The minimum Gasteiger partial charge on any atom is -0.494 e. The van der Waals surface area contributed by atoms with Gasteiger partial charge in [0.2, 0.25) is 5.91 Å². The Morgan fingerprint density at radius 1 is 1.03 bits per heavy atom. The van der Waals surface area contributed by atoms with Gasteiger partial charge in [-0.2, -0.15) is 0 Å². The Morgan fingerprint density at radius 3 is 2.09 bits per heavy atom. The van der Waals surface area contributed by atoms with Crippen LogP contribution in [0.3, 0.4) is 0 Å². The lowest BCUT2D eigenvalue weighted by atomic mass is 9.66. The van der Waals surface area contributed by atoms with Crippen molar-refractivity contribution in [3.8, 4) is 5.75 Å². The molecule has 2 saturated carbocycles. The molecule has 1 aromatic rings. The largest absolute Gasteiger partial charge is 0.494 e. The molecule has 0 spiro atoms. The topological polar surface area (TPSA) is 89.6 Å². The van der Waals surface area contributed by atoms with Crippen LogP contribution in [0.1, 0.15) is 85.0 Å². The van der Waals surface area contributed by atoms with E-state index in [1.807, 2.05) is 20.8 Å². The van der Waals surface area contributed by atoms with E-state index in [9.17, 15) is 9.59 Å². The monoisotopic (exact) mass is 537 g/mol. The van der Waals surface area contributed by atoms with E-state index in [1.54, 1.807) is 19.4 Å². The molecule has 1 heterocycles. The maximum atomic E-state index is 13.8. The first kappa shape index (κ1) is 26.8. The summed E-state index contributed by atoms with van der Waals surface area (Å²) in [7, 11) is 1.56. The average Bonchev–Trinajstić information content (AvgIpc) is 2.80. The highest BCUT2D eigenvalue weighted by atomic mass is 79.9. The van der Waals surface area contributed by atoms with Gasteiger partial charge in [0.05, 0.1) is 19.0 Å². The molecule has 0 bridgehead atoms. The zero-order valence-electron chi connectivity index (χ0n) is 21.0. The van der Waals surface area contributed by atoms with Gasteiger partial charge in [0.15, 0.2) is 5.75 Å². The number of carbonyl (C=O) groups excluding carboxylic acids is 2. The minimum absolute atomic E-state index is 0.0819. The molecular formula is C26H40BrN3O4. The third-order valence-electron chi connectivity index (χ3n) is 7.02. The first-order valence-corrected chi connectivity index (χ1v) is 13.5. The Morgan fingerprint density at radius 2 is 1.59 bits per heavy atom. The molecular weight excluding hydrogens is 498 g/mol. The average molecular weight is 539 g/mol. The lowest BCUT2D eigenvalue weighted by molar-refractivity contribution is -0.121. The van der Waals surface area contributed by atoms with Gasteiger partial charge >= 0.3 is 6.09 Å². The molecule has 1 aromatic heterocycles. The van der Waals surface area contributed by atoms with Crippen molar-refractivity contribution in [1.29, 1.82) is 0 Å². The van der Waals surface area contributed by atoms with Gasteiger partial charge in [-0.05, 0) is 54.5 Å². The molecule has 7 nitrogen and oxygen atoms in total. The smallest absolute Gasteiger partial charge is 0.408 e. The molecule has 1 atom stereocenters. The van der Waals surface area contributed by atoms with Gasteiger partial charge in [-0.25, -0.2) is 9.78 Å². The number of hydrogen-bond donors (Lipinski definition) is 2. The van der Waals surface area contributed by atoms with Crippen molar-refractivity contribution in [3.05, 3.63) is 16.9 Å². The van der Waals surface area contributed by atoms with Gasteiger partial charge in [-0.1, -0.05) is 64.2 Å². The Balaban J connectivity index is 1.90. The van der Waals surface area contributed by atoms with E-state index in [-0.39, 0.29) is 11.8 Å². The molecule has 34 heavy (non-hydrogen) atoms. The first-order valence-electron chi connectivity index (χ1n) is 12.7. The van der Waals surface area contributed by atoms with Crippen LogP contribution >= 0.6 is 15.9 Å². The third-order valence-corrected chi connectivity index (χ3v) is 7.62. The number of halogens is 1. The Bertz CT molecular complexity index is 812. The quantitative estimate of drug-likeness (QED) is 0.389. The van der Waals surface area contributed by atoms with E-state index in [0.29, 0.717) is 27.9 Å². The van der Waals surface area contributed by atoms with Gasteiger partial charge in [-0.3, -0.25) is 4.79 Å². The number of nitrogens with zero attached hydrogens (tertiary/aromatic N) is 1. The molecule has 2 aliphatic rings. The van der Waals surface area contributed by atoms with Gasteiger partial charge in [0, 0.05) is 6.07 Å². The van der Waals surface area contributed by atoms with Crippen molar-refractivity contribution in [2.75, 3.05) is 12.4 Å². The van der Waals surface area contributed by atoms with Crippen LogP contribution < -0.4 is 15.4 Å². The number of carbonyl (C=O) groups is 2. The molecule has 8 heteroatoms. The van der Waals surface area contributed by atoms with Crippen LogP contribution in [-0.4, -0.2) is 35.7 Å². The van der Waals surface area contributed by atoms with Crippen LogP contribution in [0.4, 0.5) is 10.5 Å². The van der Waals surface area contributed by atoms with Crippen molar-refractivity contribution in [1.82, 2.24) is 10.3 Å².